The lowest BCUT2D eigenvalue weighted by Crippen LogP contribution is -2.45. The van der Waals surface area contributed by atoms with Crippen LogP contribution in [0.3, 0.4) is 0 Å². The molecule has 1 atom stereocenters. The zero-order valence-corrected chi connectivity index (χ0v) is 16.1. The van der Waals surface area contributed by atoms with E-state index in [1.165, 1.54) is 0 Å². The van der Waals surface area contributed by atoms with Crippen LogP contribution in [0.15, 0.2) is 18.2 Å². The molecular formula is C21H26N2O5. The van der Waals surface area contributed by atoms with E-state index in [0.29, 0.717) is 50.0 Å². The minimum atomic E-state index is -0.931. The molecule has 1 aromatic carbocycles. The van der Waals surface area contributed by atoms with Crippen molar-refractivity contribution in [2.75, 3.05) is 19.6 Å². The Morgan fingerprint density at radius 1 is 1.14 bits per heavy atom. The van der Waals surface area contributed by atoms with Crippen LogP contribution in [0.25, 0.3) is 0 Å². The number of phenolic OH excluding ortho intramolecular Hbond substituents is 1. The molecule has 1 aliphatic carbocycles. The number of carboxylic acids is 1. The maximum Gasteiger partial charge on any atom is 0.326 e. The zero-order chi connectivity index (χ0) is 20.1. The van der Waals surface area contributed by atoms with Crippen molar-refractivity contribution in [3.05, 3.63) is 29.3 Å². The van der Waals surface area contributed by atoms with Crippen molar-refractivity contribution in [1.82, 2.24) is 9.80 Å². The van der Waals surface area contributed by atoms with Crippen molar-refractivity contribution in [3.63, 3.8) is 0 Å². The normalized spacial score (nSPS) is 23.8. The zero-order valence-electron chi connectivity index (χ0n) is 16.1. The number of likely N-dealkylation sites (tertiary alicyclic amines) is 2. The van der Waals surface area contributed by atoms with Crippen molar-refractivity contribution < 1.29 is 24.6 Å². The van der Waals surface area contributed by atoms with Gasteiger partial charge in [0.15, 0.2) is 0 Å². The quantitative estimate of drug-likeness (QED) is 0.828. The molecule has 0 radical (unpaired) electrons. The molecule has 2 aliphatic heterocycles. The van der Waals surface area contributed by atoms with E-state index >= 15 is 0 Å². The standard InChI is InChI=1S/C21H26N2O5/c1-13-15(3-2-4-17(13)24)19(26)22-9-7-21(8-10-22)11-16(20(27)28)23(12-21)18(25)14-5-6-14/h2-4,14,16,24H,5-12H2,1H3,(H,27,28)/t16-/m1/s1. The summed E-state index contributed by atoms with van der Waals surface area (Å²) in [5, 5.41) is 19.5. The highest BCUT2D eigenvalue weighted by Gasteiger charge is 2.52. The number of carbonyl (C=O) groups excluding carboxylic acids is 2. The van der Waals surface area contributed by atoms with Crippen LogP contribution in [-0.2, 0) is 9.59 Å². The van der Waals surface area contributed by atoms with E-state index in [4.69, 9.17) is 0 Å². The summed E-state index contributed by atoms with van der Waals surface area (Å²) in [4.78, 5) is 40.5. The molecular weight excluding hydrogens is 360 g/mol. The van der Waals surface area contributed by atoms with Gasteiger partial charge < -0.3 is 20.0 Å². The van der Waals surface area contributed by atoms with Gasteiger partial charge >= 0.3 is 5.97 Å². The second-order valence-corrected chi connectivity index (χ2v) is 8.54. The van der Waals surface area contributed by atoms with Crippen molar-refractivity contribution in [3.8, 4) is 5.75 Å². The number of carboxylic acid groups (broad SMARTS) is 1. The molecule has 2 saturated heterocycles. The average Bonchev–Trinajstić information content (AvgIpc) is 3.46. The van der Waals surface area contributed by atoms with Gasteiger partial charge in [0.25, 0.3) is 5.91 Å². The molecule has 28 heavy (non-hydrogen) atoms. The minimum Gasteiger partial charge on any atom is -0.508 e. The van der Waals surface area contributed by atoms with Gasteiger partial charge in [-0.3, -0.25) is 9.59 Å². The summed E-state index contributed by atoms with van der Waals surface area (Å²) >= 11 is 0. The number of amides is 2. The number of aromatic hydroxyl groups is 1. The second-order valence-electron chi connectivity index (χ2n) is 8.54. The first-order valence-electron chi connectivity index (χ1n) is 9.92. The van der Waals surface area contributed by atoms with Crippen LogP contribution in [0.5, 0.6) is 5.75 Å². The fraction of sp³-hybridized carbons (Fsp3) is 0.571. The number of benzene rings is 1. The Kier molecular flexibility index (Phi) is 4.56. The van der Waals surface area contributed by atoms with Gasteiger partial charge in [-0.25, -0.2) is 4.79 Å². The van der Waals surface area contributed by atoms with Crippen LogP contribution < -0.4 is 0 Å². The molecule has 1 spiro atoms. The summed E-state index contributed by atoms with van der Waals surface area (Å²) in [5.41, 5.74) is 0.843. The second kappa shape index (κ2) is 6.79. The van der Waals surface area contributed by atoms with E-state index in [-0.39, 0.29) is 28.9 Å². The van der Waals surface area contributed by atoms with Gasteiger partial charge in [-0.2, -0.15) is 0 Å². The summed E-state index contributed by atoms with van der Waals surface area (Å²) < 4.78 is 0. The lowest BCUT2D eigenvalue weighted by atomic mass is 9.76. The average molecular weight is 386 g/mol. The summed E-state index contributed by atoms with van der Waals surface area (Å²) in [6.45, 7) is 3.27. The van der Waals surface area contributed by atoms with Gasteiger partial charge in [0.05, 0.1) is 0 Å². The monoisotopic (exact) mass is 386 g/mol. The first-order chi connectivity index (χ1) is 13.3. The van der Waals surface area contributed by atoms with Gasteiger partial charge in [-0.15, -0.1) is 0 Å². The number of nitrogens with zero attached hydrogens (tertiary/aromatic N) is 2. The summed E-state index contributed by atoms with van der Waals surface area (Å²) in [5.74, 6) is -0.944. The number of hydrogen-bond acceptors (Lipinski definition) is 4. The molecule has 7 heteroatoms. The molecule has 4 rings (SSSR count). The van der Waals surface area contributed by atoms with Crippen molar-refractivity contribution in [1.29, 1.82) is 0 Å². The number of piperidine rings is 1. The van der Waals surface area contributed by atoms with E-state index in [0.717, 1.165) is 12.8 Å². The fourth-order valence-corrected chi connectivity index (χ4v) is 4.65. The molecule has 3 aliphatic rings. The van der Waals surface area contributed by atoms with E-state index < -0.39 is 12.0 Å². The Balaban J connectivity index is 1.46. The van der Waals surface area contributed by atoms with E-state index in [2.05, 4.69) is 0 Å². The molecule has 150 valence electrons. The highest BCUT2D eigenvalue weighted by atomic mass is 16.4. The van der Waals surface area contributed by atoms with Crippen LogP contribution in [0.4, 0.5) is 0 Å². The van der Waals surface area contributed by atoms with Crippen LogP contribution in [0, 0.1) is 18.3 Å². The Labute approximate surface area is 163 Å². The van der Waals surface area contributed by atoms with E-state index in [1.54, 1.807) is 34.9 Å². The van der Waals surface area contributed by atoms with E-state index in [1.807, 2.05) is 0 Å². The molecule has 2 heterocycles. The minimum absolute atomic E-state index is 0.00685. The highest BCUT2D eigenvalue weighted by Crippen LogP contribution is 2.45. The van der Waals surface area contributed by atoms with Gasteiger partial charge in [0.2, 0.25) is 5.91 Å². The SMILES string of the molecule is Cc1c(O)cccc1C(=O)N1CCC2(CC1)C[C@H](C(=O)O)N(C(=O)C1CC1)C2. The predicted octanol–water partition coefficient (Wildman–Crippen LogP) is 2.02. The summed E-state index contributed by atoms with van der Waals surface area (Å²) in [6, 6.07) is 4.20. The van der Waals surface area contributed by atoms with Gasteiger partial charge in [0.1, 0.15) is 11.8 Å². The molecule has 7 nitrogen and oxygen atoms in total. The Morgan fingerprint density at radius 3 is 2.43 bits per heavy atom. The first-order valence-corrected chi connectivity index (χ1v) is 9.92. The third-order valence-corrected chi connectivity index (χ3v) is 6.65. The van der Waals surface area contributed by atoms with Crippen LogP contribution in [0.1, 0.15) is 48.0 Å². The number of rotatable bonds is 3. The Bertz CT molecular complexity index is 824. The molecule has 3 fully saturated rings. The predicted molar refractivity (Wildman–Crippen MR) is 101 cm³/mol. The molecule has 1 saturated carbocycles. The smallest absolute Gasteiger partial charge is 0.326 e. The Hall–Kier alpha value is -2.57. The maximum atomic E-state index is 12.9. The molecule has 0 bridgehead atoms. The summed E-state index contributed by atoms with van der Waals surface area (Å²) in [6.07, 6.45) is 3.57. The van der Waals surface area contributed by atoms with Crippen LogP contribution in [-0.4, -0.2) is 63.5 Å². The Morgan fingerprint density at radius 2 is 1.82 bits per heavy atom. The first kappa shape index (κ1) is 18.8. The highest BCUT2D eigenvalue weighted by molar-refractivity contribution is 5.96. The lowest BCUT2D eigenvalue weighted by Gasteiger charge is -2.39. The number of carbonyl (C=O) groups is 3. The largest absolute Gasteiger partial charge is 0.508 e. The molecule has 2 N–H and O–H groups in total. The van der Waals surface area contributed by atoms with E-state index in [9.17, 15) is 24.6 Å². The van der Waals surface area contributed by atoms with Crippen LogP contribution in [0.2, 0.25) is 0 Å². The van der Waals surface area contributed by atoms with Crippen molar-refractivity contribution in [2.24, 2.45) is 11.3 Å². The number of phenols is 1. The van der Waals surface area contributed by atoms with Gasteiger partial charge in [0, 0.05) is 36.7 Å². The number of aliphatic carboxylic acids is 1. The molecule has 1 aromatic rings. The van der Waals surface area contributed by atoms with Crippen LogP contribution >= 0.6 is 0 Å². The van der Waals surface area contributed by atoms with Gasteiger partial charge in [-0.1, -0.05) is 6.07 Å². The third-order valence-electron chi connectivity index (χ3n) is 6.65. The molecule has 2 amide bonds. The lowest BCUT2D eigenvalue weighted by molar-refractivity contribution is -0.148. The third kappa shape index (κ3) is 3.23. The summed E-state index contributed by atoms with van der Waals surface area (Å²) in [7, 11) is 0. The van der Waals surface area contributed by atoms with Crippen molar-refractivity contribution in [2.45, 2.75) is 45.1 Å². The maximum absolute atomic E-state index is 12.9. The van der Waals surface area contributed by atoms with Gasteiger partial charge in [-0.05, 0) is 56.6 Å². The topological polar surface area (TPSA) is 98.2 Å². The molecule has 0 aromatic heterocycles. The number of hydrogen-bond donors (Lipinski definition) is 2. The molecule has 0 unspecified atom stereocenters. The fourth-order valence-electron chi connectivity index (χ4n) is 4.65. The van der Waals surface area contributed by atoms with Crippen molar-refractivity contribution >= 4 is 17.8 Å².